The fourth-order valence-electron chi connectivity index (χ4n) is 1.99. The monoisotopic (exact) mass is 259 g/mol. The van der Waals surface area contributed by atoms with Crippen LogP contribution in [0.1, 0.15) is 60.3 Å². The lowest BCUT2D eigenvalue weighted by molar-refractivity contribution is -0.174. The van der Waals surface area contributed by atoms with Gasteiger partial charge in [0.1, 0.15) is 0 Å². The minimum atomic E-state index is -1.03. The average molecular weight is 259 g/mol. The van der Waals surface area contributed by atoms with Crippen molar-refractivity contribution >= 4 is 5.97 Å². The lowest BCUT2D eigenvalue weighted by Crippen LogP contribution is -2.44. The maximum atomic E-state index is 12.0. The van der Waals surface area contributed by atoms with Gasteiger partial charge in [-0.3, -0.25) is 4.84 Å². The third-order valence-corrected chi connectivity index (χ3v) is 3.54. The zero-order valence-electron chi connectivity index (χ0n) is 12.5. The molecule has 0 amide bonds. The zero-order valence-corrected chi connectivity index (χ0v) is 12.5. The first-order valence-corrected chi connectivity index (χ1v) is 6.96. The Morgan fingerprint density at radius 1 is 1.33 bits per heavy atom. The van der Waals surface area contributed by atoms with Gasteiger partial charge in [-0.25, -0.2) is 10.7 Å². The molecule has 4 nitrogen and oxygen atoms in total. The molecule has 2 unspecified atom stereocenters. The van der Waals surface area contributed by atoms with Gasteiger partial charge in [0.15, 0.2) is 5.60 Å². The molecule has 18 heavy (non-hydrogen) atoms. The smallest absolute Gasteiger partial charge is 0.340 e. The molecule has 0 fully saturated rings. The Morgan fingerprint density at radius 2 is 1.94 bits per heavy atom. The van der Waals surface area contributed by atoms with Crippen molar-refractivity contribution in [2.45, 2.75) is 65.9 Å². The topological polar surface area (TPSA) is 61.5 Å². The molecule has 0 aromatic rings. The molecule has 0 saturated heterocycles. The van der Waals surface area contributed by atoms with Gasteiger partial charge in [0.25, 0.3) is 0 Å². The molecule has 108 valence electrons. The number of carbonyl (C=O) groups excluding carboxylic acids is 1. The number of unbranched alkanes of at least 4 members (excludes halogenated alkanes) is 1. The summed E-state index contributed by atoms with van der Waals surface area (Å²) in [7, 11) is 0. The molecule has 0 aliphatic rings. The van der Waals surface area contributed by atoms with Crippen molar-refractivity contribution in [2.24, 2.45) is 17.7 Å². The Balaban J connectivity index is 4.52. The van der Waals surface area contributed by atoms with Crippen LogP contribution in [0.4, 0.5) is 0 Å². The molecule has 0 rings (SSSR count). The first-order chi connectivity index (χ1) is 8.41. The second-order valence-corrected chi connectivity index (χ2v) is 5.45. The SMILES string of the molecule is CCCCOC(=O)C(C)(CC(CC)C(C)C)ON. The van der Waals surface area contributed by atoms with Gasteiger partial charge in [-0.15, -0.1) is 0 Å². The van der Waals surface area contributed by atoms with Gasteiger partial charge in [0.2, 0.25) is 0 Å². The van der Waals surface area contributed by atoms with E-state index < -0.39 is 5.60 Å². The summed E-state index contributed by atoms with van der Waals surface area (Å²) in [5.41, 5.74) is -1.03. The summed E-state index contributed by atoms with van der Waals surface area (Å²) >= 11 is 0. The van der Waals surface area contributed by atoms with Crippen LogP contribution < -0.4 is 5.90 Å². The Hall–Kier alpha value is -0.610. The molecule has 0 aromatic carbocycles. The maximum Gasteiger partial charge on any atom is 0.340 e. The molecule has 2 N–H and O–H groups in total. The molecule has 0 radical (unpaired) electrons. The van der Waals surface area contributed by atoms with Crippen LogP contribution in [0.15, 0.2) is 0 Å². The quantitative estimate of drug-likeness (QED) is 0.393. The largest absolute Gasteiger partial charge is 0.464 e. The number of hydrogen-bond acceptors (Lipinski definition) is 4. The Labute approximate surface area is 111 Å². The highest BCUT2D eigenvalue weighted by Crippen LogP contribution is 2.28. The molecule has 0 aromatic heterocycles. The van der Waals surface area contributed by atoms with E-state index in [0.717, 1.165) is 19.3 Å². The van der Waals surface area contributed by atoms with E-state index in [1.54, 1.807) is 6.92 Å². The van der Waals surface area contributed by atoms with Gasteiger partial charge in [-0.1, -0.05) is 40.5 Å². The fourth-order valence-corrected chi connectivity index (χ4v) is 1.99. The fraction of sp³-hybridized carbons (Fsp3) is 0.929. The summed E-state index contributed by atoms with van der Waals surface area (Å²) in [5.74, 6) is 5.86. The first-order valence-electron chi connectivity index (χ1n) is 6.96. The Morgan fingerprint density at radius 3 is 2.33 bits per heavy atom. The van der Waals surface area contributed by atoms with Crippen LogP contribution in [-0.2, 0) is 14.4 Å². The standard InChI is InChI=1S/C14H29NO3/c1-6-8-9-17-13(16)14(5,18-15)10-12(7-2)11(3)4/h11-12H,6-10,15H2,1-5H3. The van der Waals surface area contributed by atoms with E-state index in [9.17, 15) is 4.79 Å². The predicted molar refractivity (Wildman–Crippen MR) is 72.8 cm³/mol. The summed E-state index contributed by atoms with van der Waals surface area (Å²) in [6.45, 7) is 10.6. The van der Waals surface area contributed by atoms with Crippen molar-refractivity contribution in [1.82, 2.24) is 0 Å². The molecule has 0 heterocycles. The summed E-state index contributed by atoms with van der Waals surface area (Å²) < 4.78 is 5.22. The highest BCUT2D eigenvalue weighted by atomic mass is 16.7. The number of nitrogens with two attached hydrogens (primary N) is 1. The Kier molecular flexibility index (Phi) is 8.20. The van der Waals surface area contributed by atoms with Crippen LogP contribution >= 0.6 is 0 Å². The zero-order chi connectivity index (χ0) is 14.2. The normalized spacial score (nSPS) is 16.4. The van der Waals surface area contributed by atoms with Crippen molar-refractivity contribution < 1.29 is 14.4 Å². The van der Waals surface area contributed by atoms with Crippen LogP contribution in [0.2, 0.25) is 0 Å². The highest BCUT2D eigenvalue weighted by molar-refractivity contribution is 5.79. The summed E-state index contributed by atoms with van der Waals surface area (Å²) in [6.07, 6.45) is 3.46. The third kappa shape index (κ3) is 5.36. The van der Waals surface area contributed by atoms with E-state index in [4.69, 9.17) is 15.5 Å². The summed E-state index contributed by atoms with van der Waals surface area (Å²) in [6, 6.07) is 0. The molecule has 0 aliphatic heterocycles. The summed E-state index contributed by atoms with van der Waals surface area (Å²) in [5, 5.41) is 0. The average Bonchev–Trinajstić information content (AvgIpc) is 2.35. The number of ether oxygens (including phenoxy) is 1. The van der Waals surface area contributed by atoms with E-state index in [-0.39, 0.29) is 5.97 Å². The van der Waals surface area contributed by atoms with E-state index in [2.05, 4.69) is 27.7 Å². The van der Waals surface area contributed by atoms with Crippen molar-refractivity contribution in [3.63, 3.8) is 0 Å². The van der Waals surface area contributed by atoms with Crippen LogP contribution in [0.5, 0.6) is 0 Å². The van der Waals surface area contributed by atoms with Crippen LogP contribution in [0.3, 0.4) is 0 Å². The highest BCUT2D eigenvalue weighted by Gasteiger charge is 2.38. The van der Waals surface area contributed by atoms with Gasteiger partial charge in [0.05, 0.1) is 6.61 Å². The lowest BCUT2D eigenvalue weighted by Gasteiger charge is -2.30. The van der Waals surface area contributed by atoms with Crippen molar-refractivity contribution in [3.8, 4) is 0 Å². The second kappa shape index (κ2) is 8.48. The van der Waals surface area contributed by atoms with Crippen molar-refractivity contribution in [2.75, 3.05) is 6.61 Å². The van der Waals surface area contributed by atoms with E-state index in [0.29, 0.717) is 24.9 Å². The number of rotatable bonds is 9. The van der Waals surface area contributed by atoms with Crippen molar-refractivity contribution in [1.29, 1.82) is 0 Å². The van der Waals surface area contributed by atoms with Crippen LogP contribution in [-0.4, -0.2) is 18.2 Å². The molecule has 0 aliphatic carbocycles. The van der Waals surface area contributed by atoms with Gasteiger partial charge < -0.3 is 4.74 Å². The van der Waals surface area contributed by atoms with Gasteiger partial charge >= 0.3 is 5.97 Å². The third-order valence-electron chi connectivity index (χ3n) is 3.54. The maximum absolute atomic E-state index is 12.0. The molecule has 4 heteroatoms. The number of hydrogen-bond donors (Lipinski definition) is 1. The van der Waals surface area contributed by atoms with E-state index in [1.807, 2.05) is 0 Å². The number of esters is 1. The minimum absolute atomic E-state index is 0.349. The van der Waals surface area contributed by atoms with Crippen LogP contribution in [0, 0.1) is 11.8 Å². The summed E-state index contributed by atoms with van der Waals surface area (Å²) in [4.78, 5) is 17.0. The molecule has 0 spiro atoms. The number of carbonyl (C=O) groups is 1. The lowest BCUT2D eigenvalue weighted by atomic mass is 9.83. The van der Waals surface area contributed by atoms with Crippen molar-refractivity contribution in [3.05, 3.63) is 0 Å². The van der Waals surface area contributed by atoms with Gasteiger partial charge in [-0.05, 0) is 31.6 Å². The molecule has 0 bridgehead atoms. The minimum Gasteiger partial charge on any atom is -0.464 e. The van der Waals surface area contributed by atoms with E-state index >= 15 is 0 Å². The first kappa shape index (κ1) is 17.4. The van der Waals surface area contributed by atoms with Crippen LogP contribution in [0.25, 0.3) is 0 Å². The Bertz CT molecular complexity index is 243. The second-order valence-electron chi connectivity index (χ2n) is 5.45. The van der Waals surface area contributed by atoms with Gasteiger partial charge in [-0.2, -0.15) is 0 Å². The molecular formula is C14H29NO3. The van der Waals surface area contributed by atoms with E-state index in [1.165, 1.54) is 0 Å². The molecule has 2 atom stereocenters. The molecule has 0 saturated carbocycles. The molecular weight excluding hydrogens is 230 g/mol. The predicted octanol–water partition coefficient (Wildman–Crippen LogP) is 3.05. The van der Waals surface area contributed by atoms with Gasteiger partial charge in [0, 0.05) is 0 Å².